The van der Waals surface area contributed by atoms with Crippen molar-refractivity contribution in [3.05, 3.63) is 0 Å². The first-order chi connectivity index (χ1) is 9.03. The van der Waals surface area contributed by atoms with Crippen LogP contribution in [-0.2, 0) is 4.74 Å². The number of hydrogen-bond acceptors (Lipinski definition) is 2. The van der Waals surface area contributed by atoms with Crippen molar-refractivity contribution in [2.45, 2.75) is 64.1 Å². The summed E-state index contributed by atoms with van der Waals surface area (Å²) in [5.41, 5.74) is 0. The van der Waals surface area contributed by atoms with Gasteiger partial charge < -0.3 is 10.1 Å². The zero-order chi connectivity index (χ0) is 14.1. The molecule has 1 rings (SSSR count). The predicted octanol–water partition coefficient (Wildman–Crippen LogP) is 3.90. The Balaban J connectivity index is 2.14. The van der Waals surface area contributed by atoms with E-state index in [0.29, 0.717) is 12.0 Å². The van der Waals surface area contributed by atoms with Crippen LogP contribution in [0.1, 0.15) is 51.9 Å². The lowest BCUT2D eigenvalue weighted by atomic mass is 9.81. The van der Waals surface area contributed by atoms with Crippen molar-refractivity contribution < 1.29 is 17.9 Å². The molecule has 0 aliphatic heterocycles. The van der Waals surface area contributed by atoms with Crippen LogP contribution in [0.5, 0.6) is 0 Å². The van der Waals surface area contributed by atoms with Crippen molar-refractivity contribution in [1.29, 1.82) is 0 Å². The van der Waals surface area contributed by atoms with E-state index in [9.17, 15) is 13.2 Å². The van der Waals surface area contributed by atoms with Gasteiger partial charge in [0.15, 0.2) is 0 Å². The molecule has 0 radical (unpaired) electrons. The number of halogens is 3. The summed E-state index contributed by atoms with van der Waals surface area (Å²) in [5.74, 6) is 0.606. The first-order valence-corrected chi connectivity index (χ1v) is 7.41. The molecule has 0 heterocycles. The molecule has 1 aliphatic carbocycles. The fourth-order valence-electron chi connectivity index (χ4n) is 2.79. The SMILES string of the molecule is CCCNC1CCCCC1CCCOCC(F)(F)F. The fraction of sp³-hybridized carbons (Fsp3) is 1.00. The highest BCUT2D eigenvalue weighted by atomic mass is 19.4. The van der Waals surface area contributed by atoms with Gasteiger partial charge in [0.05, 0.1) is 0 Å². The molecular formula is C14H26F3NO. The van der Waals surface area contributed by atoms with Crippen molar-refractivity contribution in [2.24, 2.45) is 5.92 Å². The topological polar surface area (TPSA) is 21.3 Å². The Morgan fingerprint density at radius 2 is 1.95 bits per heavy atom. The lowest BCUT2D eigenvalue weighted by Gasteiger charge is -2.32. The molecule has 114 valence electrons. The van der Waals surface area contributed by atoms with Crippen LogP contribution >= 0.6 is 0 Å². The van der Waals surface area contributed by atoms with Gasteiger partial charge in [-0.2, -0.15) is 13.2 Å². The van der Waals surface area contributed by atoms with Gasteiger partial charge in [-0.15, -0.1) is 0 Å². The van der Waals surface area contributed by atoms with E-state index in [-0.39, 0.29) is 6.61 Å². The van der Waals surface area contributed by atoms with Gasteiger partial charge in [-0.05, 0) is 44.6 Å². The molecule has 1 aliphatic rings. The fourth-order valence-corrected chi connectivity index (χ4v) is 2.79. The lowest BCUT2D eigenvalue weighted by molar-refractivity contribution is -0.174. The Hall–Kier alpha value is -0.290. The average molecular weight is 281 g/mol. The van der Waals surface area contributed by atoms with Crippen LogP contribution in [0, 0.1) is 5.92 Å². The Kier molecular flexibility index (Phi) is 7.76. The van der Waals surface area contributed by atoms with Crippen LogP contribution < -0.4 is 5.32 Å². The summed E-state index contributed by atoms with van der Waals surface area (Å²) in [6.45, 7) is 2.28. The maximum atomic E-state index is 11.9. The summed E-state index contributed by atoms with van der Waals surface area (Å²) in [6, 6.07) is 0.552. The Bertz CT molecular complexity index is 233. The number of nitrogens with one attached hydrogen (secondary N) is 1. The van der Waals surface area contributed by atoms with Crippen molar-refractivity contribution >= 4 is 0 Å². The van der Waals surface area contributed by atoms with Gasteiger partial charge in [-0.1, -0.05) is 19.8 Å². The molecule has 0 aromatic carbocycles. The summed E-state index contributed by atoms with van der Waals surface area (Å²) >= 11 is 0. The van der Waals surface area contributed by atoms with Gasteiger partial charge in [0.25, 0.3) is 0 Å². The number of rotatable bonds is 8. The quantitative estimate of drug-likeness (QED) is 0.681. The summed E-state index contributed by atoms with van der Waals surface area (Å²) in [4.78, 5) is 0. The standard InChI is InChI=1S/C14H26F3NO/c1-2-9-18-13-8-4-3-6-12(13)7-5-10-19-11-14(15,16)17/h12-13,18H,2-11H2,1H3. The van der Waals surface area contributed by atoms with Gasteiger partial charge >= 0.3 is 6.18 Å². The first kappa shape index (κ1) is 16.8. The highest BCUT2D eigenvalue weighted by Gasteiger charge is 2.27. The Morgan fingerprint density at radius 1 is 1.21 bits per heavy atom. The van der Waals surface area contributed by atoms with Crippen molar-refractivity contribution in [2.75, 3.05) is 19.8 Å². The molecule has 2 nitrogen and oxygen atoms in total. The van der Waals surface area contributed by atoms with Gasteiger partial charge in [0.2, 0.25) is 0 Å². The van der Waals surface area contributed by atoms with E-state index in [1.807, 2.05) is 0 Å². The van der Waals surface area contributed by atoms with Gasteiger partial charge in [-0.25, -0.2) is 0 Å². The van der Waals surface area contributed by atoms with Gasteiger partial charge in [-0.3, -0.25) is 0 Å². The van der Waals surface area contributed by atoms with Crippen LogP contribution in [0.2, 0.25) is 0 Å². The average Bonchev–Trinajstić information content (AvgIpc) is 2.36. The molecule has 2 atom stereocenters. The molecule has 0 spiro atoms. The third-order valence-corrected chi connectivity index (χ3v) is 3.69. The molecule has 0 aromatic rings. The van der Waals surface area contributed by atoms with Crippen molar-refractivity contribution in [3.63, 3.8) is 0 Å². The zero-order valence-electron chi connectivity index (χ0n) is 11.8. The van der Waals surface area contributed by atoms with Crippen LogP contribution in [0.3, 0.4) is 0 Å². The normalized spacial score (nSPS) is 24.6. The van der Waals surface area contributed by atoms with E-state index in [1.54, 1.807) is 0 Å². The molecule has 0 bridgehead atoms. The molecule has 0 saturated heterocycles. The van der Waals surface area contributed by atoms with E-state index < -0.39 is 12.8 Å². The van der Waals surface area contributed by atoms with Crippen LogP contribution in [-0.4, -0.2) is 32.0 Å². The molecule has 0 aromatic heterocycles. The van der Waals surface area contributed by atoms with E-state index >= 15 is 0 Å². The largest absolute Gasteiger partial charge is 0.411 e. The Labute approximate surface area is 114 Å². The highest BCUT2D eigenvalue weighted by molar-refractivity contribution is 4.80. The van der Waals surface area contributed by atoms with Crippen molar-refractivity contribution in [1.82, 2.24) is 5.32 Å². The third kappa shape index (κ3) is 7.78. The molecule has 1 saturated carbocycles. The molecule has 1 fully saturated rings. The highest BCUT2D eigenvalue weighted by Crippen LogP contribution is 2.28. The number of alkyl halides is 3. The summed E-state index contributed by atoms with van der Waals surface area (Å²) < 4.78 is 40.4. The molecule has 1 N–H and O–H groups in total. The second-order valence-electron chi connectivity index (χ2n) is 5.42. The van der Waals surface area contributed by atoms with E-state index in [2.05, 4.69) is 17.0 Å². The van der Waals surface area contributed by atoms with Crippen molar-refractivity contribution in [3.8, 4) is 0 Å². The smallest absolute Gasteiger partial charge is 0.372 e. The third-order valence-electron chi connectivity index (χ3n) is 3.69. The first-order valence-electron chi connectivity index (χ1n) is 7.41. The predicted molar refractivity (Wildman–Crippen MR) is 70.1 cm³/mol. The summed E-state index contributed by atoms with van der Waals surface area (Å²) in [6.07, 6.45) is 3.54. The van der Waals surface area contributed by atoms with Crippen LogP contribution in [0.15, 0.2) is 0 Å². The zero-order valence-corrected chi connectivity index (χ0v) is 11.8. The minimum Gasteiger partial charge on any atom is -0.372 e. The van der Waals surface area contributed by atoms with Gasteiger partial charge in [0.1, 0.15) is 6.61 Å². The lowest BCUT2D eigenvalue weighted by Crippen LogP contribution is -2.39. The monoisotopic (exact) mass is 281 g/mol. The molecule has 19 heavy (non-hydrogen) atoms. The second kappa shape index (κ2) is 8.80. The van der Waals surface area contributed by atoms with Gasteiger partial charge in [0, 0.05) is 12.6 Å². The molecule has 0 amide bonds. The maximum absolute atomic E-state index is 11.9. The molecule has 5 heteroatoms. The minimum absolute atomic E-state index is 0.219. The second-order valence-corrected chi connectivity index (χ2v) is 5.42. The van der Waals surface area contributed by atoms with E-state index in [0.717, 1.165) is 25.8 Å². The van der Waals surface area contributed by atoms with Crippen LogP contribution in [0.25, 0.3) is 0 Å². The molecule has 2 unspecified atom stereocenters. The minimum atomic E-state index is -4.20. The Morgan fingerprint density at radius 3 is 2.63 bits per heavy atom. The number of hydrogen-bond donors (Lipinski definition) is 1. The van der Waals surface area contributed by atoms with E-state index in [4.69, 9.17) is 0 Å². The van der Waals surface area contributed by atoms with Crippen LogP contribution in [0.4, 0.5) is 13.2 Å². The van der Waals surface area contributed by atoms with E-state index in [1.165, 1.54) is 25.7 Å². The molecular weight excluding hydrogens is 255 g/mol. The summed E-state index contributed by atoms with van der Waals surface area (Å²) in [7, 11) is 0. The summed E-state index contributed by atoms with van der Waals surface area (Å²) in [5, 5.41) is 3.57. The number of ether oxygens (including phenoxy) is 1. The maximum Gasteiger partial charge on any atom is 0.411 e.